The minimum Gasteiger partial charge on any atom is -0.507 e. The monoisotopic (exact) mass is 332 g/mol. The van der Waals surface area contributed by atoms with Crippen molar-refractivity contribution < 1.29 is 14.3 Å². The summed E-state index contributed by atoms with van der Waals surface area (Å²) in [6.07, 6.45) is 0. The zero-order valence-corrected chi connectivity index (χ0v) is 12.3. The summed E-state index contributed by atoms with van der Waals surface area (Å²) in [5.41, 5.74) is 5.09. The quantitative estimate of drug-likeness (QED) is 0.498. The Labute approximate surface area is 135 Å². The van der Waals surface area contributed by atoms with Crippen molar-refractivity contribution in [2.75, 3.05) is 0 Å². The number of aromatic hydroxyl groups is 1. The number of guanidine groups is 1. The second-order valence-electron chi connectivity index (χ2n) is 4.49. The Morgan fingerprint density at radius 2 is 2.09 bits per heavy atom. The van der Waals surface area contributed by atoms with Crippen LogP contribution >= 0.6 is 11.6 Å². The number of hydrogen-bond donors (Lipinski definition) is 4. The molecule has 1 amide bonds. The van der Waals surface area contributed by atoms with Crippen LogP contribution in [-0.4, -0.2) is 17.0 Å². The summed E-state index contributed by atoms with van der Waals surface area (Å²) in [5.74, 6) is -2.54. The van der Waals surface area contributed by atoms with Crippen molar-refractivity contribution in [3.63, 3.8) is 0 Å². The van der Waals surface area contributed by atoms with Gasteiger partial charge in [-0.05, 0) is 30.3 Å². The number of carbonyl (C=O) groups is 1. The number of nitrogens with zero attached hydrogens (tertiary/aromatic N) is 1. The summed E-state index contributed by atoms with van der Waals surface area (Å²) in [7, 11) is 0. The van der Waals surface area contributed by atoms with E-state index in [1.807, 2.05) is 11.4 Å². The lowest BCUT2D eigenvalue weighted by atomic mass is 9.93. The van der Waals surface area contributed by atoms with E-state index >= 15 is 0 Å². The number of rotatable bonds is 2. The number of hydrogen-bond acceptors (Lipinski definition) is 4. The molecule has 0 saturated heterocycles. The van der Waals surface area contributed by atoms with Crippen molar-refractivity contribution >= 4 is 23.5 Å². The van der Waals surface area contributed by atoms with Crippen LogP contribution < -0.4 is 11.1 Å². The minimum atomic E-state index is -0.887. The highest BCUT2D eigenvalue weighted by atomic mass is 35.5. The van der Waals surface area contributed by atoms with Crippen LogP contribution in [0.3, 0.4) is 0 Å². The van der Waals surface area contributed by atoms with Gasteiger partial charge >= 0.3 is 0 Å². The molecule has 5 N–H and O–H groups in total. The van der Waals surface area contributed by atoms with Gasteiger partial charge in [-0.15, -0.1) is 0 Å². The SMILES string of the molecule is N#Cc1ccc(O)c(C(=O)NC(=N)N)c1-c1ccc(F)cc1Cl. The molecule has 0 aromatic heterocycles. The van der Waals surface area contributed by atoms with Crippen LogP contribution in [-0.2, 0) is 0 Å². The van der Waals surface area contributed by atoms with E-state index in [-0.39, 0.29) is 27.3 Å². The highest BCUT2D eigenvalue weighted by molar-refractivity contribution is 6.33. The summed E-state index contributed by atoms with van der Waals surface area (Å²) < 4.78 is 13.2. The van der Waals surface area contributed by atoms with Crippen LogP contribution in [0.1, 0.15) is 15.9 Å². The first-order valence-electron chi connectivity index (χ1n) is 6.22. The number of halogens is 2. The number of benzene rings is 2. The Morgan fingerprint density at radius 1 is 1.39 bits per heavy atom. The largest absolute Gasteiger partial charge is 0.507 e. The maximum Gasteiger partial charge on any atom is 0.262 e. The molecule has 6 nitrogen and oxygen atoms in total. The van der Waals surface area contributed by atoms with Gasteiger partial charge in [0.25, 0.3) is 5.91 Å². The summed E-state index contributed by atoms with van der Waals surface area (Å²) in [5, 5.41) is 28.4. The standard InChI is InChI=1S/C15H10ClFN4O2/c16-10-5-8(17)2-3-9(10)12-7(6-18)1-4-11(22)13(12)14(23)21-15(19)20/h1-5,22H,(H4,19,20,21,23). The molecule has 0 atom stereocenters. The van der Waals surface area contributed by atoms with Gasteiger partial charge < -0.3 is 10.8 Å². The number of amides is 1. The van der Waals surface area contributed by atoms with Crippen LogP contribution in [0.25, 0.3) is 11.1 Å². The van der Waals surface area contributed by atoms with E-state index in [9.17, 15) is 19.6 Å². The summed E-state index contributed by atoms with van der Waals surface area (Å²) in [6, 6.07) is 7.77. The Morgan fingerprint density at radius 3 is 2.65 bits per heavy atom. The molecular formula is C15H10ClFN4O2. The molecule has 2 aromatic rings. The Balaban J connectivity index is 2.79. The fourth-order valence-corrected chi connectivity index (χ4v) is 2.33. The summed E-state index contributed by atoms with van der Waals surface area (Å²) in [6.45, 7) is 0. The van der Waals surface area contributed by atoms with Crippen molar-refractivity contribution in [3.8, 4) is 22.9 Å². The third kappa shape index (κ3) is 3.22. The van der Waals surface area contributed by atoms with E-state index in [1.165, 1.54) is 12.1 Å². The van der Waals surface area contributed by atoms with Crippen LogP contribution in [0.4, 0.5) is 4.39 Å². The predicted molar refractivity (Wildman–Crippen MR) is 82.6 cm³/mol. The first-order chi connectivity index (χ1) is 10.8. The molecule has 116 valence electrons. The second-order valence-corrected chi connectivity index (χ2v) is 4.89. The van der Waals surface area contributed by atoms with Crippen molar-refractivity contribution in [3.05, 3.63) is 52.3 Å². The van der Waals surface area contributed by atoms with Crippen LogP contribution in [0.5, 0.6) is 5.75 Å². The maximum atomic E-state index is 13.2. The van der Waals surface area contributed by atoms with E-state index in [2.05, 4.69) is 0 Å². The molecule has 0 fully saturated rings. The Hall–Kier alpha value is -3.11. The van der Waals surface area contributed by atoms with Crippen molar-refractivity contribution in [2.24, 2.45) is 5.73 Å². The molecule has 0 saturated carbocycles. The van der Waals surface area contributed by atoms with E-state index < -0.39 is 23.4 Å². The average molecular weight is 333 g/mol. The highest BCUT2D eigenvalue weighted by Gasteiger charge is 2.23. The zero-order chi connectivity index (χ0) is 17.1. The van der Waals surface area contributed by atoms with Crippen molar-refractivity contribution in [1.82, 2.24) is 5.32 Å². The van der Waals surface area contributed by atoms with Gasteiger partial charge in [0, 0.05) is 11.1 Å². The van der Waals surface area contributed by atoms with Gasteiger partial charge in [0.05, 0.1) is 22.2 Å². The smallest absolute Gasteiger partial charge is 0.262 e. The lowest BCUT2D eigenvalue weighted by Gasteiger charge is -2.14. The van der Waals surface area contributed by atoms with Crippen LogP contribution in [0.15, 0.2) is 30.3 Å². The number of phenols is 1. The molecule has 23 heavy (non-hydrogen) atoms. The molecule has 0 aliphatic carbocycles. The fraction of sp³-hybridized carbons (Fsp3) is 0. The van der Waals surface area contributed by atoms with Gasteiger partial charge in [-0.2, -0.15) is 5.26 Å². The predicted octanol–water partition coefficient (Wildman–Crippen LogP) is 2.35. The highest BCUT2D eigenvalue weighted by Crippen LogP contribution is 2.37. The molecule has 0 radical (unpaired) electrons. The first-order valence-corrected chi connectivity index (χ1v) is 6.59. The van der Waals surface area contributed by atoms with Gasteiger partial charge in [0.2, 0.25) is 0 Å². The Kier molecular flexibility index (Phi) is 4.48. The van der Waals surface area contributed by atoms with E-state index in [0.717, 1.165) is 18.2 Å². The lowest BCUT2D eigenvalue weighted by Crippen LogP contribution is -2.36. The molecule has 8 heteroatoms. The molecule has 0 aliphatic rings. The summed E-state index contributed by atoms with van der Waals surface area (Å²) in [4.78, 5) is 12.2. The molecule has 2 aromatic carbocycles. The topological polar surface area (TPSA) is 123 Å². The van der Waals surface area contributed by atoms with E-state index in [4.69, 9.17) is 22.7 Å². The van der Waals surface area contributed by atoms with Gasteiger partial charge in [0.15, 0.2) is 5.96 Å². The molecular weight excluding hydrogens is 323 g/mol. The fourth-order valence-electron chi connectivity index (χ4n) is 2.07. The Bertz CT molecular complexity index is 861. The summed E-state index contributed by atoms with van der Waals surface area (Å²) >= 11 is 6.00. The maximum absolute atomic E-state index is 13.2. The molecule has 0 aliphatic heterocycles. The van der Waals surface area contributed by atoms with E-state index in [0.29, 0.717) is 0 Å². The first kappa shape index (κ1) is 16.3. The van der Waals surface area contributed by atoms with Gasteiger partial charge in [-0.3, -0.25) is 15.5 Å². The van der Waals surface area contributed by atoms with Crippen molar-refractivity contribution in [1.29, 1.82) is 10.7 Å². The van der Waals surface area contributed by atoms with Crippen molar-refractivity contribution in [2.45, 2.75) is 0 Å². The second kappa shape index (κ2) is 6.34. The number of nitrogens with one attached hydrogen (secondary N) is 2. The number of nitrogens with two attached hydrogens (primary N) is 1. The molecule has 0 unspecified atom stereocenters. The van der Waals surface area contributed by atoms with Gasteiger partial charge in [-0.25, -0.2) is 4.39 Å². The zero-order valence-electron chi connectivity index (χ0n) is 11.5. The van der Waals surface area contributed by atoms with E-state index in [1.54, 1.807) is 0 Å². The number of phenolic OH excluding ortho intramolecular Hbond substituents is 1. The molecule has 0 spiro atoms. The molecule has 0 bridgehead atoms. The average Bonchev–Trinajstić information content (AvgIpc) is 2.46. The van der Waals surface area contributed by atoms with Gasteiger partial charge in [0.1, 0.15) is 11.6 Å². The minimum absolute atomic E-state index is 0.0243. The number of carbonyl (C=O) groups excluding carboxylic acids is 1. The lowest BCUT2D eigenvalue weighted by molar-refractivity contribution is 0.0974. The third-order valence-corrected chi connectivity index (χ3v) is 3.29. The number of nitriles is 1. The molecule has 0 heterocycles. The van der Waals surface area contributed by atoms with Crippen LogP contribution in [0, 0.1) is 22.6 Å². The van der Waals surface area contributed by atoms with Gasteiger partial charge in [-0.1, -0.05) is 11.6 Å². The normalized spacial score (nSPS) is 9.96. The third-order valence-electron chi connectivity index (χ3n) is 2.98. The molecule has 2 rings (SSSR count). The van der Waals surface area contributed by atoms with Crippen LogP contribution in [0.2, 0.25) is 5.02 Å².